The Morgan fingerprint density at radius 3 is 2.17 bits per heavy atom. The molecule has 0 aliphatic carbocycles. The number of benzene rings is 1. The number of aryl methyl sites for hydroxylation is 1. The lowest BCUT2D eigenvalue weighted by molar-refractivity contribution is -0.160. The summed E-state index contributed by atoms with van der Waals surface area (Å²) in [4.78, 5) is 18.5. The summed E-state index contributed by atoms with van der Waals surface area (Å²) in [6, 6.07) is 1.34. The third kappa shape index (κ3) is 5.79. The molecule has 0 spiro atoms. The number of aromatic nitrogens is 1. The number of pyridine rings is 1. The second-order valence-corrected chi connectivity index (χ2v) is 10.9. The van der Waals surface area contributed by atoms with Crippen molar-refractivity contribution in [2.45, 2.75) is 72.3 Å². The summed E-state index contributed by atoms with van der Waals surface area (Å²) >= 11 is 0. The Hall–Kier alpha value is -2.75. The number of carboxylic acids is 1. The van der Waals surface area contributed by atoms with Crippen molar-refractivity contribution in [1.82, 2.24) is 4.98 Å². The fourth-order valence-electron chi connectivity index (χ4n) is 4.36. The van der Waals surface area contributed by atoms with Gasteiger partial charge in [-0.1, -0.05) is 19.9 Å². The number of carbonyl (C=O) groups is 1. The van der Waals surface area contributed by atoms with E-state index in [1.54, 1.807) is 27.7 Å². The Bertz CT molecular complexity index is 1150. The summed E-state index contributed by atoms with van der Waals surface area (Å²) < 4.78 is 75.1. The van der Waals surface area contributed by atoms with Gasteiger partial charge in [0.15, 0.2) is 17.7 Å². The van der Waals surface area contributed by atoms with Crippen LogP contribution in [0.5, 0.6) is 0 Å². The van der Waals surface area contributed by atoms with Crippen LogP contribution in [-0.2, 0) is 15.7 Å². The van der Waals surface area contributed by atoms with E-state index in [0.717, 1.165) is 18.9 Å². The molecule has 1 aliphatic heterocycles. The number of carboxylic acid groups (broad SMARTS) is 1. The van der Waals surface area contributed by atoms with Gasteiger partial charge in [-0.05, 0) is 52.0 Å². The molecule has 0 bridgehead atoms. The molecular formula is C26H31F5N2O3. The third-order valence-electron chi connectivity index (χ3n) is 6.36. The van der Waals surface area contributed by atoms with Crippen LogP contribution in [0, 0.1) is 24.0 Å². The fraction of sp³-hybridized carbons (Fsp3) is 0.538. The Labute approximate surface area is 207 Å². The molecule has 198 valence electrons. The van der Waals surface area contributed by atoms with Crippen LogP contribution in [0.15, 0.2) is 18.3 Å². The highest BCUT2D eigenvalue weighted by Crippen LogP contribution is 2.45. The van der Waals surface area contributed by atoms with E-state index in [1.807, 2.05) is 4.90 Å². The normalized spacial score (nSPS) is 17.2. The lowest BCUT2D eigenvalue weighted by Crippen LogP contribution is -2.39. The number of alkyl halides is 3. The van der Waals surface area contributed by atoms with Crippen molar-refractivity contribution < 1.29 is 36.6 Å². The second kappa shape index (κ2) is 9.61. The van der Waals surface area contributed by atoms with E-state index in [2.05, 4.69) is 18.8 Å². The zero-order valence-corrected chi connectivity index (χ0v) is 21.2. The molecule has 1 saturated heterocycles. The van der Waals surface area contributed by atoms with Gasteiger partial charge in [-0.3, -0.25) is 4.98 Å². The molecule has 2 heterocycles. The van der Waals surface area contributed by atoms with Gasteiger partial charge in [0.05, 0.1) is 16.9 Å². The van der Waals surface area contributed by atoms with Gasteiger partial charge >= 0.3 is 12.1 Å². The van der Waals surface area contributed by atoms with Crippen molar-refractivity contribution in [2.75, 3.05) is 18.0 Å². The molecule has 1 aliphatic rings. The zero-order chi connectivity index (χ0) is 27.2. The van der Waals surface area contributed by atoms with Crippen LogP contribution in [0.2, 0.25) is 0 Å². The molecule has 1 N–H and O–H groups in total. The van der Waals surface area contributed by atoms with Crippen molar-refractivity contribution in [1.29, 1.82) is 0 Å². The lowest BCUT2D eigenvalue weighted by Gasteiger charge is -2.41. The third-order valence-corrected chi connectivity index (χ3v) is 6.36. The molecule has 1 fully saturated rings. The number of anilines is 1. The van der Waals surface area contributed by atoms with Crippen molar-refractivity contribution >= 4 is 11.7 Å². The SMILES string of the molecule is Cc1ncc(-c2ccc(C(F)(F)F)c(F)c2F)c(N2CCC(C)(C)CC2)c1[C@H](OC(C)(C)C)C(=O)O. The maximum absolute atomic E-state index is 15.1. The van der Waals surface area contributed by atoms with E-state index >= 15 is 4.39 Å². The molecule has 0 saturated carbocycles. The maximum atomic E-state index is 15.1. The number of aliphatic carboxylic acids is 1. The molecular weight excluding hydrogens is 483 g/mol. The number of rotatable bonds is 5. The predicted molar refractivity (Wildman–Crippen MR) is 126 cm³/mol. The standard InChI is InChI=1S/C26H31F5N2O3/c1-14-18(22(23(34)35)36-24(2,3)4)21(33-11-9-25(5,6)10-12-33)16(13-32-14)15-7-8-17(26(29,30)31)20(28)19(15)27/h7-8,13,22H,9-12H2,1-6H3,(H,34,35)/t22-/m0/s1. The van der Waals surface area contributed by atoms with Crippen LogP contribution >= 0.6 is 0 Å². The Kier molecular flexibility index (Phi) is 7.43. The van der Waals surface area contributed by atoms with Crippen LogP contribution in [0.3, 0.4) is 0 Å². The average Bonchev–Trinajstić information content (AvgIpc) is 2.73. The molecule has 1 aromatic carbocycles. The van der Waals surface area contributed by atoms with Gasteiger partial charge in [0.25, 0.3) is 0 Å². The van der Waals surface area contributed by atoms with Gasteiger partial charge in [0, 0.05) is 41.7 Å². The highest BCUT2D eigenvalue weighted by molar-refractivity contribution is 5.86. The smallest absolute Gasteiger partial charge is 0.419 e. The average molecular weight is 515 g/mol. The van der Waals surface area contributed by atoms with Gasteiger partial charge in [-0.2, -0.15) is 13.2 Å². The van der Waals surface area contributed by atoms with Crippen LogP contribution in [0.4, 0.5) is 27.6 Å². The topological polar surface area (TPSA) is 62.7 Å². The minimum Gasteiger partial charge on any atom is -0.479 e. The van der Waals surface area contributed by atoms with Gasteiger partial charge in [-0.15, -0.1) is 0 Å². The highest BCUT2D eigenvalue weighted by Gasteiger charge is 2.39. The van der Waals surface area contributed by atoms with Crippen LogP contribution < -0.4 is 4.90 Å². The van der Waals surface area contributed by atoms with Gasteiger partial charge in [0.1, 0.15) is 0 Å². The first-order chi connectivity index (χ1) is 16.4. The van der Waals surface area contributed by atoms with Crippen molar-refractivity contribution in [3.63, 3.8) is 0 Å². The van der Waals surface area contributed by atoms with Gasteiger partial charge in [-0.25, -0.2) is 13.6 Å². The van der Waals surface area contributed by atoms with E-state index in [4.69, 9.17) is 4.74 Å². The molecule has 10 heteroatoms. The Morgan fingerprint density at radius 2 is 1.67 bits per heavy atom. The Morgan fingerprint density at radius 1 is 1.08 bits per heavy atom. The first-order valence-corrected chi connectivity index (χ1v) is 11.6. The summed E-state index contributed by atoms with van der Waals surface area (Å²) in [5, 5.41) is 10.1. The fourth-order valence-corrected chi connectivity index (χ4v) is 4.36. The van der Waals surface area contributed by atoms with Crippen LogP contribution in [0.25, 0.3) is 11.1 Å². The minimum atomic E-state index is -5.07. The first kappa shape index (κ1) is 27.8. The van der Waals surface area contributed by atoms with E-state index in [1.165, 1.54) is 6.20 Å². The van der Waals surface area contributed by atoms with Crippen LogP contribution in [0.1, 0.15) is 70.4 Å². The zero-order valence-electron chi connectivity index (χ0n) is 21.2. The number of nitrogens with zero attached hydrogens (tertiary/aromatic N) is 2. The second-order valence-electron chi connectivity index (χ2n) is 10.9. The molecule has 5 nitrogen and oxygen atoms in total. The Balaban J connectivity index is 2.32. The number of halogens is 5. The van der Waals surface area contributed by atoms with Crippen molar-refractivity contribution in [3.05, 3.63) is 46.8 Å². The monoisotopic (exact) mass is 514 g/mol. The van der Waals surface area contributed by atoms with E-state index < -0.39 is 46.6 Å². The first-order valence-electron chi connectivity index (χ1n) is 11.6. The lowest BCUT2D eigenvalue weighted by atomic mass is 9.82. The van der Waals surface area contributed by atoms with Gasteiger partial charge < -0.3 is 14.7 Å². The van der Waals surface area contributed by atoms with Gasteiger partial charge in [0.2, 0.25) is 0 Å². The van der Waals surface area contributed by atoms with Crippen LogP contribution in [-0.4, -0.2) is 34.8 Å². The van der Waals surface area contributed by atoms with Crippen molar-refractivity contribution in [3.8, 4) is 11.1 Å². The molecule has 0 radical (unpaired) electrons. The summed E-state index contributed by atoms with van der Waals surface area (Å²) in [5.74, 6) is -5.00. The number of piperidine rings is 1. The number of ether oxygens (including phenoxy) is 1. The van der Waals surface area contributed by atoms with E-state index in [0.29, 0.717) is 24.8 Å². The molecule has 36 heavy (non-hydrogen) atoms. The minimum absolute atomic E-state index is 0.00388. The highest BCUT2D eigenvalue weighted by atomic mass is 19.4. The summed E-state index contributed by atoms with van der Waals surface area (Å²) in [7, 11) is 0. The molecule has 3 rings (SSSR count). The molecule has 1 aromatic heterocycles. The van der Waals surface area contributed by atoms with E-state index in [-0.39, 0.29) is 22.2 Å². The van der Waals surface area contributed by atoms with E-state index in [9.17, 15) is 27.5 Å². The molecule has 0 amide bonds. The van der Waals surface area contributed by atoms with Crippen molar-refractivity contribution in [2.24, 2.45) is 5.41 Å². The summed E-state index contributed by atoms with van der Waals surface area (Å²) in [5.41, 5.74) is -2.27. The molecule has 2 aromatic rings. The molecule has 0 unspecified atom stereocenters. The summed E-state index contributed by atoms with van der Waals surface area (Å²) in [6.07, 6.45) is -3.86. The molecule has 1 atom stereocenters. The number of hydrogen-bond acceptors (Lipinski definition) is 4. The largest absolute Gasteiger partial charge is 0.479 e. The predicted octanol–water partition coefficient (Wildman–Crippen LogP) is 6.92. The summed E-state index contributed by atoms with van der Waals surface area (Å²) in [6.45, 7) is 11.8. The quantitative estimate of drug-likeness (QED) is 0.439. The number of hydrogen-bond donors (Lipinski definition) is 1. The maximum Gasteiger partial charge on any atom is 0.419 e.